The molecule has 0 aliphatic rings. The van der Waals surface area contributed by atoms with Crippen LogP contribution in [0.15, 0.2) is 47.8 Å². The van der Waals surface area contributed by atoms with Crippen LogP contribution in [0.25, 0.3) is 11.2 Å². The van der Waals surface area contributed by atoms with Crippen molar-refractivity contribution in [1.82, 2.24) is 20.3 Å². The highest BCUT2D eigenvalue weighted by molar-refractivity contribution is 5.89. The monoisotopic (exact) mass is 337 g/mol. The molecule has 0 saturated heterocycles. The van der Waals surface area contributed by atoms with Crippen LogP contribution in [0.5, 0.6) is 0 Å². The van der Waals surface area contributed by atoms with Gasteiger partial charge in [0, 0.05) is 12.2 Å². The van der Waals surface area contributed by atoms with Crippen molar-refractivity contribution in [3.8, 4) is 0 Å². The zero-order chi connectivity index (χ0) is 17.6. The summed E-state index contributed by atoms with van der Waals surface area (Å²) in [5.74, 6) is 0.829. The van der Waals surface area contributed by atoms with Gasteiger partial charge < -0.3 is 10.6 Å². The summed E-state index contributed by atoms with van der Waals surface area (Å²) in [5.41, 5.74) is 1.94. The molecule has 3 N–H and O–H groups in total. The lowest BCUT2D eigenvalue weighted by molar-refractivity contribution is 0.252. The first-order chi connectivity index (χ1) is 12.2. The summed E-state index contributed by atoms with van der Waals surface area (Å²) in [6.07, 6.45) is 1.56. The van der Waals surface area contributed by atoms with E-state index in [9.17, 15) is 9.70 Å². The molecule has 0 unspecified atom stereocenters. The number of rotatable bonds is 5. The number of aromatic nitrogens is 3. The van der Waals surface area contributed by atoms with E-state index >= 15 is 0 Å². The Labute approximate surface area is 142 Å². The van der Waals surface area contributed by atoms with Crippen LogP contribution in [0, 0.1) is 4.91 Å². The van der Waals surface area contributed by atoms with E-state index in [0.29, 0.717) is 40.7 Å². The summed E-state index contributed by atoms with van der Waals surface area (Å²) in [6, 6.07) is 9.72. The number of hydrogen-bond acceptors (Lipinski definition) is 7. The first-order valence-electron chi connectivity index (χ1n) is 7.57. The van der Waals surface area contributed by atoms with E-state index in [1.54, 1.807) is 42.6 Å². The average molecular weight is 337 g/mol. The molecule has 0 spiro atoms. The Morgan fingerprint density at radius 2 is 2.00 bits per heavy atom. The second kappa shape index (κ2) is 7.30. The number of nitrogens with one attached hydrogen (secondary N) is 3. The molecule has 2 aromatic heterocycles. The maximum absolute atomic E-state index is 11.6. The van der Waals surface area contributed by atoms with E-state index in [2.05, 4.69) is 36.1 Å². The lowest BCUT2D eigenvalue weighted by atomic mass is 10.3. The molecule has 1 aromatic carbocycles. The lowest BCUT2D eigenvalue weighted by Crippen LogP contribution is -2.28. The molecule has 3 rings (SSSR count). The van der Waals surface area contributed by atoms with Crippen LogP contribution in [0.1, 0.15) is 6.92 Å². The molecule has 9 nitrogen and oxygen atoms in total. The minimum Gasteiger partial charge on any atom is -0.339 e. The van der Waals surface area contributed by atoms with Gasteiger partial charge in [-0.2, -0.15) is 0 Å². The second-order valence-electron chi connectivity index (χ2n) is 5.05. The number of urea groups is 1. The van der Waals surface area contributed by atoms with E-state index < -0.39 is 0 Å². The fourth-order valence-electron chi connectivity index (χ4n) is 2.14. The van der Waals surface area contributed by atoms with Crippen LogP contribution in [0.4, 0.5) is 27.8 Å². The normalized spacial score (nSPS) is 10.3. The lowest BCUT2D eigenvalue weighted by Gasteiger charge is -2.08. The number of amides is 2. The first kappa shape index (κ1) is 16.2. The van der Waals surface area contributed by atoms with Gasteiger partial charge in [-0.05, 0) is 42.4 Å². The number of hydrogen-bond donors (Lipinski definition) is 3. The number of nitrogens with zero attached hydrogens (tertiary/aromatic N) is 4. The van der Waals surface area contributed by atoms with Crippen molar-refractivity contribution in [2.24, 2.45) is 5.18 Å². The Morgan fingerprint density at radius 1 is 1.16 bits per heavy atom. The maximum atomic E-state index is 11.6. The van der Waals surface area contributed by atoms with E-state index in [1.165, 1.54) is 0 Å². The predicted octanol–water partition coefficient (Wildman–Crippen LogP) is 3.31. The molecule has 2 amide bonds. The third kappa shape index (κ3) is 4.02. The van der Waals surface area contributed by atoms with Crippen molar-refractivity contribution in [1.29, 1.82) is 0 Å². The summed E-state index contributed by atoms with van der Waals surface area (Å²) in [6.45, 7) is 2.34. The van der Waals surface area contributed by atoms with Crippen molar-refractivity contribution >= 4 is 40.2 Å². The molecule has 126 valence electrons. The Morgan fingerprint density at radius 3 is 2.80 bits per heavy atom. The number of carbonyl (C=O) groups excluding carboxylic acids is 1. The summed E-state index contributed by atoms with van der Waals surface area (Å²) in [5, 5.41) is 11.2. The van der Waals surface area contributed by atoms with Gasteiger partial charge in [-0.25, -0.2) is 19.7 Å². The highest BCUT2D eigenvalue weighted by Gasteiger charge is 2.06. The van der Waals surface area contributed by atoms with Gasteiger partial charge in [-0.15, -0.1) is 4.91 Å². The summed E-state index contributed by atoms with van der Waals surface area (Å²) in [7, 11) is 0. The average Bonchev–Trinajstić information content (AvgIpc) is 2.62. The zero-order valence-electron chi connectivity index (χ0n) is 13.4. The highest BCUT2D eigenvalue weighted by Crippen LogP contribution is 2.21. The molecular weight excluding hydrogens is 322 g/mol. The smallest absolute Gasteiger partial charge is 0.320 e. The van der Waals surface area contributed by atoms with Crippen LogP contribution in [0.2, 0.25) is 0 Å². The van der Waals surface area contributed by atoms with E-state index in [-0.39, 0.29) is 6.03 Å². The zero-order valence-corrected chi connectivity index (χ0v) is 13.4. The van der Waals surface area contributed by atoms with Crippen LogP contribution in [0.3, 0.4) is 0 Å². The van der Waals surface area contributed by atoms with Gasteiger partial charge in [0.15, 0.2) is 11.5 Å². The van der Waals surface area contributed by atoms with Crippen molar-refractivity contribution in [2.45, 2.75) is 6.92 Å². The fraction of sp³-hybridized carbons (Fsp3) is 0.125. The van der Waals surface area contributed by atoms with Crippen LogP contribution in [-0.4, -0.2) is 27.5 Å². The van der Waals surface area contributed by atoms with Crippen molar-refractivity contribution in [3.05, 3.63) is 47.5 Å². The molecule has 0 fully saturated rings. The molecule has 25 heavy (non-hydrogen) atoms. The van der Waals surface area contributed by atoms with Gasteiger partial charge in [-0.1, -0.05) is 6.07 Å². The Kier molecular flexibility index (Phi) is 4.74. The number of carbonyl (C=O) groups is 1. The van der Waals surface area contributed by atoms with E-state index in [1.807, 2.05) is 6.92 Å². The molecular formula is C16H15N7O2. The molecule has 3 aromatic rings. The number of pyridine rings is 1. The summed E-state index contributed by atoms with van der Waals surface area (Å²) < 4.78 is 0. The highest BCUT2D eigenvalue weighted by atomic mass is 16.3. The first-order valence-corrected chi connectivity index (χ1v) is 7.57. The van der Waals surface area contributed by atoms with Crippen molar-refractivity contribution in [2.75, 3.05) is 17.2 Å². The van der Waals surface area contributed by atoms with Crippen LogP contribution < -0.4 is 16.0 Å². The van der Waals surface area contributed by atoms with Gasteiger partial charge in [0.25, 0.3) is 0 Å². The maximum Gasteiger partial charge on any atom is 0.320 e. The number of benzene rings is 1. The molecule has 0 bridgehead atoms. The van der Waals surface area contributed by atoms with Crippen LogP contribution in [-0.2, 0) is 0 Å². The van der Waals surface area contributed by atoms with Gasteiger partial charge in [0.05, 0.1) is 6.20 Å². The summed E-state index contributed by atoms with van der Waals surface area (Å²) >= 11 is 0. The summed E-state index contributed by atoms with van der Waals surface area (Å²) in [4.78, 5) is 35.1. The third-order valence-electron chi connectivity index (χ3n) is 3.21. The van der Waals surface area contributed by atoms with E-state index in [0.717, 1.165) is 0 Å². The minimum absolute atomic E-state index is 0.310. The third-order valence-corrected chi connectivity index (χ3v) is 3.21. The van der Waals surface area contributed by atoms with Crippen molar-refractivity contribution < 1.29 is 4.79 Å². The molecule has 0 radical (unpaired) electrons. The van der Waals surface area contributed by atoms with Gasteiger partial charge >= 0.3 is 6.03 Å². The molecule has 0 atom stereocenters. The van der Waals surface area contributed by atoms with E-state index in [4.69, 9.17) is 0 Å². The standard InChI is InChI=1S/C16H15N7O2/c1-2-17-16(24)22-13-7-6-12-15(20-13)21-14(9-18-12)19-10-4-3-5-11(8-10)23-25/h3-9H,2H2,1H3,(H3,17,19,20,21,22,24). The van der Waals surface area contributed by atoms with Gasteiger partial charge in [0.1, 0.15) is 17.0 Å². The minimum atomic E-state index is -0.338. The number of fused-ring (bicyclic) bond motifs is 1. The van der Waals surface area contributed by atoms with Crippen LogP contribution >= 0.6 is 0 Å². The quantitative estimate of drug-likeness (QED) is 0.614. The predicted molar refractivity (Wildman–Crippen MR) is 95.2 cm³/mol. The van der Waals surface area contributed by atoms with Crippen molar-refractivity contribution in [3.63, 3.8) is 0 Å². The molecule has 0 aliphatic heterocycles. The fourth-order valence-corrected chi connectivity index (χ4v) is 2.14. The molecule has 0 aliphatic carbocycles. The molecule has 0 saturated carbocycles. The van der Waals surface area contributed by atoms with Gasteiger partial charge in [-0.3, -0.25) is 5.32 Å². The van der Waals surface area contributed by atoms with Gasteiger partial charge in [0.2, 0.25) is 0 Å². The Bertz CT molecular complexity index is 929. The SMILES string of the molecule is CCNC(=O)Nc1ccc2ncc(Nc3cccc(N=O)c3)nc2n1. The number of anilines is 3. The largest absolute Gasteiger partial charge is 0.339 e. The Hall–Kier alpha value is -3.62. The second-order valence-corrected chi connectivity index (χ2v) is 5.05. The topological polar surface area (TPSA) is 121 Å². The molecule has 2 heterocycles. The Balaban J connectivity index is 1.84. The molecule has 9 heteroatoms. The number of nitroso groups, excluding NO2 is 1.